The standard InChI is InChI=1S/C33H37NO3.Na/c1-3-4-5-7-10-26-14-16-28(17-15-26)24-34-25(2)13-22-31(34)29-18-20-30(21-19-29)37-32(33(35)36)23-27-11-8-6-9-12-27;/h6,8-9,11-22,32H,3-5,7,10,23-24H2,1-2H3,(H,35,36);/q;+1/p-1/t32-;/m1./s1. The van der Waals surface area contributed by atoms with Gasteiger partial charge in [0.15, 0.2) is 0 Å². The summed E-state index contributed by atoms with van der Waals surface area (Å²) in [6.07, 6.45) is 5.48. The van der Waals surface area contributed by atoms with Crippen molar-refractivity contribution in [1.29, 1.82) is 0 Å². The summed E-state index contributed by atoms with van der Waals surface area (Å²) in [4.78, 5) is 11.7. The molecule has 0 N–H and O–H groups in total. The van der Waals surface area contributed by atoms with Gasteiger partial charge in [0.2, 0.25) is 0 Å². The topological polar surface area (TPSA) is 54.3 Å². The van der Waals surface area contributed by atoms with Crippen LogP contribution in [0.15, 0.2) is 91.0 Å². The zero-order valence-electron chi connectivity index (χ0n) is 22.9. The Morgan fingerprint density at radius 2 is 1.50 bits per heavy atom. The molecule has 0 unspecified atom stereocenters. The quantitative estimate of drug-likeness (QED) is 0.202. The van der Waals surface area contributed by atoms with E-state index in [4.69, 9.17) is 4.74 Å². The van der Waals surface area contributed by atoms with Crippen molar-refractivity contribution in [2.24, 2.45) is 0 Å². The SMILES string of the molecule is CCCCCCc1ccc(Cn2c(C)ccc2-c2ccc(O[C@H](Cc3ccccc3)C(=O)[O-])cc2)cc1.[Na+]. The zero-order chi connectivity index (χ0) is 26.0. The van der Waals surface area contributed by atoms with Crippen molar-refractivity contribution in [1.82, 2.24) is 4.57 Å². The van der Waals surface area contributed by atoms with Crippen LogP contribution in [0.25, 0.3) is 11.3 Å². The van der Waals surface area contributed by atoms with Crippen LogP contribution < -0.4 is 39.4 Å². The average molecular weight is 518 g/mol. The molecule has 5 heteroatoms. The van der Waals surface area contributed by atoms with Crippen molar-refractivity contribution < 1.29 is 44.2 Å². The van der Waals surface area contributed by atoms with E-state index in [0.29, 0.717) is 5.75 Å². The number of hydrogen-bond acceptors (Lipinski definition) is 3. The third-order valence-corrected chi connectivity index (χ3v) is 6.84. The van der Waals surface area contributed by atoms with Crippen LogP contribution in [0.3, 0.4) is 0 Å². The summed E-state index contributed by atoms with van der Waals surface area (Å²) >= 11 is 0. The molecule has 4 nitrogen and oxygen atoms in total. The molecule has 3 aromatic carbocycles. The first kappa shape index (κ1) is 29.8. The molecule has 4 rings (SSSR count). The molecule has 0 spiro atoms. The van der Waals surface area contributed by atoms with Crippen LogP contribution in [-0.2, 0) is 24.2 Å². The van der Waals surface area contributed by atoms with Gasteiger partial charge in [-0.05, 0) is 78.4 Å². The van der Waals surface area contributed by atoms with E-state index < -0.39 is 12.1 Å². The van der Waals surface area contributed by atoms with E-state index in [2.05, 4.69) is 54.8 Å². The smallest absolute Gasteiger partial charge is 0.546 e. The number of rotatable bonds is 13. The molecule has 1 atom stereocenters. The third-order valence-electron chi connectivity index (χ3n) is 6.84. The van der Waals surface area contributed by atoms with Crippen molar-refractivity contribution in [2.45, 2.75) is 65.0 Å². The summed E-state index contributed by atoms with van der Waals surface area (Å²) < 4.78 is 8.10. The van der Waals surface area contributed by atoms with Crippen LogP contribution in [0.1, 0.15) is 55.0 Å². The summed E-state index contributed by atoms with van der Waals surface area (Å²) in [5.74, 6) is -0.706. The van der Waals surface area contributed by atoms with Gasteiger partial charge in [-0.2, -0.15) is 0 Å². The van der Waals surface area contributed by atoms with Gasteiger partial charge in [0.1, 0.15) is 11.9 Å². The Morgan fingerprint density at radius 3 is 2.16 bits per heavy atom. The first-order chi connectivity index (χ1) is 18.0. The molecule has 192 valence electrons. The number of aliphatic carboxylic acids is 1. The number of aryl methyl sites for hydroxylation is 2. The second-order valence-corrected chi connectivity index (χ2v) is 9.71. The van der Waals surface area contributed by atoms with Crippen molar-refractivity contribution in [2.75, 3.05) is 0 Å². The van der Waals surface area contributed by atoms with E-state index in [1.54, 1.807) is 0 Å². The molecule has 1 heterocycles. The number of nitrogens with zero attached hydrogens (tertiary/aromatic N) is 1. The molecule has 0 bridgehead atoms. The Kier molecular flexibility index (Phi) is 11.7. The predicted octanol–water partition coefficient (Wildman–Crippen LogP) is 3.38. The number of ether oxygens (including phenoxy) is 1. The summed E-state index contributed by atoms with van der Waals surface area (Å²) in [5.41, 5.74) is 6.94. The van der Waals surface area contributed by atoms with Crippen molar-refractivity contribution in [3.63, 3.8) is 0 Å². The first-order valence-electron chi connectivity index (χ1n) is 13.3. The number of carbonyl (C=O) groups is 1. The minimum atomic E-state index is -1.22. The number of carboxylic acid groups (broad SMARTS) is 1. The fourth-order valence-corrected chi connectivity index (χ4v) is 4.65. The van der Waals surface area contributed by atoms with Gasteiger partial charge in [0.05, 0.1) is 5.97 Å². The van der Waals surface area contributed by atoms with E-state index in [1.807, 2.05) is 54.6 Å². The van der Waals surface area contributed by atoms with Crippen molar-refractivity contribution in [3.8, 4) is 17.0 Å². The van der Waals surface area contributed by atoms with Gasteiger partial charge in [-0.1, -0.05) is 80.8 Å². The Labute approximate surface area is 249 Å². The summed E-state index contributed by atoms with van der Waals surface area (Å²) in [6.45, 7) is 5.16. The number of unbranched alkanes of at least 4 members (excludes halogenated alkanes) is 3. The minimum Gasteiger partial charge on any atom is -0.546 e. The molecular formula is C33H36NNaO3. The van der Waals surface area contributed by atoms with Gasteiger partial charge in [0, 0.05) is 24.4 Å². The van der Waals surface area contributed by atoms with Gasteiger partial charge in [-0.15, -0.1) is 0 Å². The molecule has 0 aliphatic rings. The van der Waals surface area contributed by atoms with Crippen LogP contribution in [0.5, 0.6) is 5.75 Å². The van der Waals surface area contributed by atoms with E-state index in [9.17, 15) is 9.90 Å². The predicted molar refractivity (Wildman–Crippen MR) is 148 cm³/mol. The normalized spacial score (nSPS) is 11.5. The Hall–Kier alpha value is -2.79. The molecule has 38 heavy (non-hydrogen) atoms. The van der Waals surface area contributed by atoms with Gasteiger partial charge in [0.25, 0.3) is 0 Å². The number of hydrogen-bond donors (Lipinski definition) is 0. The van der Waals surface area contributed by atoms with Gasteiger partial charge >= 0.3 is 29.6 Å². The number of aromatic nitrogens is 1. The maximum atomic E-state index is 11.7. The second kappa shape index (κ2) is 15.0. The largest absolute Gasteiger partial charge is 1.00 e. The van der Waals surface area contributed by atoms with E-state index in [-0.39, 0.29) is 36.0 Å². The fraction of sp³-hybridized carbons (Fsp3) is 0.303. The van der Waals surface area contributed by atoms with E-state index in [0.717, 1.165) is 29.8 Å². The third kappa shape index (κ3) is 8.36. The summed E-state index contributed by atoms with van der Waals surface area (Å²) in [5, 5.41) is 11.7. The molecule has 1 aromatic heterocycles. The van der Waals surface area contributed by atoms with Crippen molar-refractivity contribution in [3.05, 3.63) is 113 Å². The number of carbonyl (C=O) groups excluding carboxylic acids is 1. The monoisotopic (exact) mass is 517 g/mol. The second-order valence-electron chi connectivity index (χ2n) is 9.71. The maximum absolute atomic E-state index is 11.7. The molecule has 0 fully saturated rings. The summed E-state index contributed by atoms with van der Waals surface area (Å²) in [6, 6.07) is 30.3. The maximum Gasteiger partial charge on any atom is 1.00 e. The van der Waals surface area contributed by atoms with E-state index >= 15 is 0 Å². The number of benzene rings is 3. The van der Waals surface area contributed by atoms with Crippen LogP contribution in [-0.4, -0.2) is 16.6 Å². The Bertz CT molecular complexity index is 1260. The molecule has 0 aliphatic heterocycles. The fourth-order valence-electron chi connectivity index (χ4n) is 4.65. The van der Waals surface area contributed by atoms with Gasteiger partial charge in [-0.3, -0.25) is 0 Å². The minimum absolute atomic E-state index is 0. The molecule has 4 aromatic rings. The molecule has 0 amide bonds. The Balaban J connectivity index is 0.00000400. The zero-order valence-corrected chi connectivity index (χ0v) is 24.9. The average Bonchev–Trinajstić information content (AvgIpc) is 3.28. The van der Waals surface area contributed by atoms with Crippen molar-refractivity contribution >= 4 is 5.97 Å². The van der Waals surface area contributed by atoms with Crippen LogP contribution >= 0.6 is 0 Å². The summed E-state index contributed by atoms with van der Waals surface area (Å²) in [7, 11) is 0. The van der Waals surface area contributed by atoms with Crippen LogP contribution in [0.4, 0.5) is 0 Å². The van der Waals surface area contributed by atoms with Gasteiger partial charge < -0.3 is 19.2 Å². The molecule has 0 saturated heterocycles. The molecule has 0 aliphatic carbocycles. The molecular weight excluding hydrogens is 481 g/mol. The number of carboxylic acids is 1. The van der Waals surface area contributed by atoms with Crippen LogP contribution in [0, 0.1) is 6.92 Å². The first-order valence-corrected chi connectivity index (χ1v) is 13.3. The Morgan fingerprint density at radius 1 is 0.816 bits per heavy atom. The molecule has 0 radical (unpaired) electrons. The van der Waals surface area contributed by atoms with Gasteiger partial charge in [-0.25, -0.2) is 0 Å². The molecule has 0 saturated carbocycles. The van der Waals surface area contributed by atoms with E-state index in [1.165, 1.54) is 42.5 Å². The van der Waals surface area contributed by atoms with Crippen LogP contribution in [0.2, 0.25) is 0 Å².